The summed E-state index contributed by atoms with van der Waals surface area (Å²) in [5.74, 6) is -0.496. The Balaban J connectivity index is 1.08. The van der Waals surface area contributed by atoms with Gasteiger partial charge in [-0.05, 0) is 85.8 Å². The Morgan fingerprint density at radius 2 is 1.33 bits per heavy atom. The zero-order chi connectivity index (χ0) is 30.7. The second-order valence-corrected chi connectivity index (χ2v) is 12.8. The SMILES string of the molecule is CCOc1cc(/C=N\N2C(=O)[C@@H]3C4c5ccccc5C(c5ccccc54)[C@@H]3C2=O)cc(I)c1OCc1cccc2ccccc12. The van der Waals surface area contributed by atoms with Crippen LogP contribution in [0.4, 0.5) is 0 Å². The Morgan fingerprint density at radius 1 is 0.756 bits per heavy atom. The van der Waals surface area contributed by atoms with E-state index in [2.05, 4.69) is 76.2 Å². The summed E-state index contributed by atoms with van der Waals surface area (Å²) in [4.78, 5) is 27.9. The zero-order valence-corrected chi connectivity index (χ0v) is 26.7. The number of carbonyl (C=O) groups excluding carboxylic acids is 2. The van der Waals surface area contributed by atoms with E-state index in [0.29, 0.717) is 30.3 Å². The molecule has 2 amide bonds. The van der Waals surface area contributed by atoms with Crippen molar-refractivity contribution in [2.75, 3.05) is 6.61 Å². The highest BCUT2D eigenvalue weighted by atomic mass is 127. The number of hydrazone groups is 1. The van der Waals surface area contributed by atoms with Gasteiger partial charge in [0.15, 0.2) is 11.5 Å². The van der Waals surface area contributed by atoms with Crippen LogP contribution in [-0.4, -0.2) is 29.6 Å². The van der Waals surface area contributed by atoms with Gasteiger partial charge in [0.05, 0.1) is 28.2 Å². The molecule has 5 aromatic rings. The van der Waals surface area contributed by atoms with E-state index in [1.165, 1.54) is 0 Å². The fourth-order valence-electron chi connectivity index (χ4n) is 7.53. The van der Waals surface area contributed by atoms with Crippen LogP contribution in [0.15, 0.2) is 108 Å². The number of hydrogen-bond acceptors (Lipinski definition) is 5. The Morgan fingerprint density at radius 3 is 1.96 bits per heavy atom. The van der Waals surface area contributed by atoms with E-state index in [4.69, 9.17) is 9.47 Å². The normalized spacial score (nSPS) is 21.2. The molecule has 2 bridgehead atoms. The molecule has 222 valence electrons. The molecule has 0 N–H and O–H groups in total. The molecule has 0 saturated carbocycles. The molecule has 0 spiro atoms. The maximum absolute atomic E-state index is 13.9. The molecule has 9 rings (SSSR count). The average Bonchev–Trinajstić information content (AvgIpc) is 3.32. The Bertz CT molecular complexity index is 1920. The van der Waals surface area contributed by atoms with Gasteiger partial charge in [-0.15, -0.1) is 0 Å². The number of imide groups is 1. The summed E-state index contributed by atoms with van der Waals surface area (Å²) in [5.41, 5.74) is 6.37. The fraction of sp³-hybridized carbons (Fsp3) is 0.184. The highest BCUT2D eigenvalue weighted by molar-refractivity contribution is 14.1. The molecule has 7 heteroatoms. The lowest BCUT2D eigenvalue weighted by molar-refractivity contribution is -0.139. The van der Waals surface area contributed by atoms with Crippen molar-refractivity contribution < 1.29 is 19.1 Å². The number of benzene rings is 5. The largest absolute Gasteiger partial charge is 0.490 e. The second-order valence-electron chi connectivity index (χ2n) is 11.7. The highest BCUT2D eigenvalue weighted by Crippen LogP contribution is 2.61. The van der Waals surface area contributed by atoms with Crippen LogP contribution in [-0.2, 0) is 16.2 Å². The third kappa shape index (κ3) is 4.47. The van der Waals surface area contributed by atoms with Gasteiger partial charge in [-0.25, -0.2) is 0 Å². The van der Waals surface area contributed by atoms with Crippen molar-refractivity contribution in [3.05, 3.63) is 140 Å². The first-order valence-electron chi connectivity index (χ1n) is 15.2. The molecule has 0 aromatic heterocycles. The Labute approximate surface area is 274 Å². The van der Waals surface area contributed by atoms with Gasteiger partial charge < -0.3 is 9.47 Å². The van der Waals surface area contributed by atoms with Crippen LogP contribution < -0.4 is 9.47 Å². The van der Waals surface area contributed by atoms with Gasteiger partial charge in [0, 0.05) is 11.8 Å². The molecule has 45 heavy (non-hydrogen) atoms. The molecule has 1 aliphatic heterocycles. The number of amides is 2. The first-order chi connectivity index (χ1) is 22.0. The number of ether oxygens (including phenoxy) is 2. The van der Waals surface area contributed by atoms with Crippen LogP contribution in [0.1, 0.15) is 52.1 Å². The summed E-state index contributed by atoms with van der Waals surface area (Å²) in [7, 11) is 0. The summed E-state index contributed by atoms with van der Waals surface area (Å²) in [6, 6.07) is 34.7. The lowest BCUT2D eigenvalue weighted by atomic mass is 9.55. The van der Waals surface area contributed by atoms with E-state index >= 15 is 0 Å². The quantitative estimate of drug-likeness (QED) is 0.0993. The third-order valence-corrected chi connectivity index (χ3v) is 10.1. The van der Waals surface area contributed by atoms with Crippen molar-refractivity contribution >= 4 is 51.4 Å². The molecular formula is C38H29IN2O4. The smallest absolute Gasteiger partial charge is 0.254 e. The molecule has 0 radical (unpaired) electrons. The number of fused-ring (bicyclic) bond motifs is 1. The highest BCUT2D eigenvalue weighted by Gasteiger charge is 2.61. The van der Waals surface area contributed by atoms with Crippen molar-refractivity contribution in [3.63, 3.8) is 0 Å². The summed E-state index contributed by atoms with van der Waals surface area (Å²) >= 11 is 2.24. The van der Waals surface area contributed by atoms with Gasteiger partial charge in [-0.1, -0.05) is 91.0 Å². The van der Waals surface area contributed by atoms with Crippen LogP contribution in [0.3, 0.4) is 0 Å². The molecule has 4 aliphatic rings. The van der Waals surface area contributed by atoms with Crippen molar-refractivity contribution in [3.8, 4) is 11.5 Å². The van der Waals surface area contributed by atoms with Gasteiger partial charge in [-0.3, -0.25) is 9.59 Å². The summed E-state index contributed by atoms with van der Waals surface area (Å²) < 4.78 is 13.2. The number of hydrogen-bond donors (Lipinski definition) is 0. The van der Waals surface area contributed by atoms with Crippen molar-refractivity contribution in [1.29, 1.82) is 0 Å². The van der Waals surface area contributed by atoms with Gasteiger partial charge in [-0.2, -0.15) is 10.1 Å². The van der Waals surface area contributed by atoms with Crippen LogP contribution in [0, 0.1) is 15.4 Å². The van der Waals surface area contributed by atoms with Gasteiger partial charge >= 0.3 is 0 Å². The lowest BCUT2D eigenvalue weighted by Gasteiger charge is -2.45. The van der Waals surface area contributed by atoms with E-state index in [0.717, 1.165) is 47.2 Å². The summed E-state index contributed by atoms with van der Waals surface area (Å²) in [5, 5.41) is 7.93. The first kappa shape index (κ1) is 28.0. The molecule has 2 atom stereocenters. The maximum Gasteiger partial charge on any atom is 0.254 e. The van der Waals surface area contributed by atoms with E-state index < -0.39 is 11.8 Å². The van der Waals surface area contributed by atoms with Gasteiger partial charge in [0.2, 0.25) is 0 Å². The van der Waals surface area contributed by atoms with Crippen molar-refractivity contribution in [2.45, 2.75) is 25.4 Å². The molecule has 3 aliphatic carbocycles. The molecular weight excluding hydrogens is 675 g/mol. The first-order valence-corrected chi connectivity index (χ1v) is 16.3. The number of carbonyl (C=O) groups is 2. The van der Waals surface area contributed by atoms with E-state index in [-0.39, 0.29) is 23.7 Å². The number of halogens is 1. The Hall–Kier alpha value is -4.50. The number of rotatable bonds is 7. The van der Waals surface area contributed by atoms with Gasteiger partial charge in [0.1, 0.15) is 6.61 Å². The second kappa shape index (κ2) is 11.1. The standard InChI is InChI=1S/C38H29IN2O4/c1-2-44-31-19-22(18-30(39)36(31)45-21-24-12-9-11-23-10-3-4-13-25(23)24)20-40-41-37(42)34-32-26-14-5-6-15-27(26)33(35(34)38(41)43)29-17-8-7-16-28(29)32/h3-20,32-35H,2,21H2,1H3/b40-20-/t32?,33?,34-,35+. The average molecular weight is 705 g/mol. The van der Waals surface area contributed by atoms with Crippen LogP contribution in [0.2, 0.25) is 0 Å². The number of nitrogens with zero attached hydrogens (tertiary/aromatic N) is 2. The lowest BCUT2D eigenvalue weighted by Crippen LogP contribution is -2.41. The zero-order valence-electron chi connectivity index (χ0n) is 24.5. The van der Waals surface area contributed by atoms with Crippen molar-refractivity contribution in [1.82, 2.24) is 5.01 Å². The van der Waals surface area contributed by atoms with Crippen molar-refractivity contribution in [2.24, 2.45) is 16.9 Å². The molecule has 5 aromatic carbocycles. The topological polar surface area (TPSA) is 68.2 Å². The fourth-order valence-corrected chi connectivity index (χ4v) is 8.31. The molecule has 1 fully saturated rings. The predicted molar refractivity (Wildman–Crippen MR) is 182 cm³/mol. The van der Waals surface area contributed by atoms with E-state index in [9.17, 15) is 9.59 Å². The van der Waals surface area contributed by atoms with Gasteiger partial charge in [0.25, 0.3) is 11.8 Å². The van der Waals surface area contributed by atoms with E-state index in [1.807, 2.05) is 61.5 Å². The summed E-state index contributed by atoms with van der Waals surface area (Å²) in [6.45, 7) is 2.77. The minimum Gasteiger partial charge on any atom is -0.490 e. The molecule has 0 unspecified atom stereocenters. The minimum absolute atomic E-state index is 0.160. The molecule has 1 heterocycles. The van der Waals surface area contributed by atoms with Crippen LogP contribution >= 0.6 is 22.6 Å². The molecule has 1 saturated heterocycles. The van der Waals surface area contributed by atoms with E-state index in [1.54, 1.807) is 6.21 Å². The monoisotopic (exact) mass is 704 g/mol. The van der Waals surface area contributed by atoms with Crippen LogP contribution in [0.25, 0.3) is 10.8 Å². The maximum atomic E-state index is 13.9. The van der Waals surface area contributed by atoms with Crippen LogP contribution in [0.5, 0.6) is 11.5 Å². The predicted octanol–water partition coefficient (Wildman–Crippen LogP) is 7.65. The molecule has 6 nitrogen and oxygen atoms in total. The third-order valence-electron chi connectivity index (χ3n) is 9.33. The Kier molecular flexibility index (Phi) is 6.93. The minimum atomic E-state index is -0.464. The summed E-state index contributed by atoms with van der Waals surface area (Å²) in [6.07, 6.45) is 1.58.